The van der Waals surface area contributed by atoms with E-state index in [0.717, 1.165) is 73.3 Å². The molecule has 1 N–H and O–H groups in total. The molecular weight excluding hydrogens is 384 g/mol. The van der Waals surface area contributed by atoms with Crippen LogP contribution in [0.5, 0.6) is 23.0 Å². The Bertz CT molecular complexity index is 837. The van der Waals surface area contributed by atoms with Gasteiger partial charge in [0.05, 0.1) is 14.2 Å². The molecule has 2 aromatic rings. The fourth-order valence-corrected chi connectivity index (χ4v) is 4.28. The van der Waals surface area contributed by atoms with E-state index in [9.17, 15) is 5.11 Å². The number of methoxy groups -OCH3 is 2. The molecule has 0 amide bonds. The van der Waals surface area contributed by atoms with E-state index in [0.29, 0.717) is 0 Å². The minimum atomic E-state index is 0.175. The second-order valence-corrected chi connectivity index (χ2v) is 7.74. The zero-order valence-corrected chi connectivity index (χ0v) is 17.7. The molecule has 2 heterocycles. The van der Waals surface area contributed by atoms with Gasteiger partial charge in [0.2, 0.25) is 6.79 Å². The quantitative estimate of drug-likeness (QED) is 0.712. The normalized spacial score (nSPS) is 19.1. The number of para-hydroxylation sites is 1. The zero-order chi connectivity index (χ0) is 20.9. The maximum atomic E-state index is 9.65. The van der Waals surface area contributed by atoms with E-state index >= 15 is 0 Å². The lowest BCUT2D eigenvalue weighted by molar-refractivity contribution is 0.0494. The summed E-state index contributed by atoms with van der Waals surface area (Å²) in [6, 6.07) is 12.3. The van der Waals surface area contributed by atoms with Crippen LogP contribution in [-0.2, 0) is 13.1 Å². The van der Waals surface area contributed by atoms with Crippen LogP contribution in [0.25, 0.3) is 0 Å². The average Bonchev–Trinajstić information content (AvgIpc) is 3.25. The van der Waals surface area contributed by atoms with E-state index in [1.807, 2.05) is 18.2 Å². The monoisotopic (exact) mass is 414 g/mol. The third-order valence-electron chi connectivity index (χ3n) is 5.82. The van der Waals surface area contributed by atoms with E-state index < -0.39 is 0 Å². The molecule has 1 saturated heterocycles. The molecule has 7 nitrogen and oxygen atoms in total. The van der Waals surface area contributed by atoms with Crippen molar-refractivity contribution in [1.82, 2.24) is 9.80 Å². The smallest absolute Gasteiger partial charge is 0.231 e. The Hall–Kier alpha value is -2.48. The average molecular weight is 415 g/mol. The van der Waals surface area contributed by atoms with Crippen molar-refractivity contribution in [1.29, 1.82) is 0 Å². The van der Waals surface area contributed by atoms with Gasteiger partial charge in [0.25, 0.3) is 0 Å². The van der Waals surface area contributed by atoms with Crippen molar-refractivity contribution in [2.45, 2.75) is 25.6 Å². The predicted octanol–water partition coefficient (Wildman–Crippen LogP) is 2.50. The summed E-state index contributed by atoms with van der Waals surface area (Å²) >= 11 is 0. The van der Waals surface area contributed by atoms with E-state index in [1.165, 1.54) is 0 Å². The minimum Gasteiger partial charge on any atom is -0.497 e. The van der Waals surface area contributed by atoms with Crippen LogP contribution in [0.1, 0.15) is 17.5 Å². The Labute approximate surface area is 177 Å². The summed E-state index contributed by atoms with van der Waals surface area (Å²) in [6.45, 7) is 4.85. The maximum absolute atomic E-state index is 9.65. The standard InChI is InChI=1S/C23H30N2O5/c1-27-20-10-17(11-21(12-20)28-2)13-25-8-7-24(15-19(25)6-9-26)14-18-4-3-5-22-23(18)30-16-29-22/h3-5,10-12,19,26H,6-9,13-16H2,1-2H3. The molecule has 4 rings (SSSR count). The summed E-state index contributed by atoms with van der Waals surface area (Å²) < 4.78 is 22.0. The molecule has 2 aromatic carbocycles. The van der Waals surface area contributed by atoms with Crippen LogP contribution in [0.2, 0.25) is 0 Å². The molecule has 1 unspecified atom stereocenters. The lowest BCUT2D eigenvalue weighted by Crippen LogP contribution is -2.52. The number of ether oxygens (including phenoxy) is 4. The number of piperazine rings is 1. The molecule has 1 fully saturated rings. The summed E-state index contributed by atoms with van der Waals surface area (Å²) in [6.07, 6.45) is 0.740. The number of hydrogen-bond donors (Lipinski definition) is 1. The number of aliphatic hydroxyl groups excluding tert-OH is 1. The van der Waals surface area contributed by atoms with Crippen molar-refractivity contribution in [2.24, 2.45) is 0 Å². The highest BCUT2D eigenvalue weighted by molar-refractivity contribution is 5.48. The summed E-state index contributed by atoms with van der Waals surface area (Å²) in [5, 5.41) is 9.65. The summed E-state index contributed by atoms with van der Waals surface area (Å²) in [7, 11) is 3.34. The third-order valence-corrected chi connectivity index (χ3v) is 5.82. The van der Waals surface area contributed by atoms with Crippen molar-refractivity contribution >= 4 is 0 Å². The van der Waals surface area contributed by atoms with Crippen LogP contribution < -0.4 is 18.9 Å². The molecule has 0 aromatic heterocycles. The van der Waals surface area contributed by atoms with E-state index in [1.54, 1.807) is 14.2 Å². The van der Waals surface area contributed by atoms with Gasteiger partial charge in [-0.3, -0.25) is 9.80 Å². The Morgan fingerprint density at radius 1 is 1.03 bits per heavy atom. The molecular formula is C23H30N2O5. The highest BCUT2D eigenvalue weighted by Crippen LogP contribution is 2.36. The lowest BCUT2D eigenvalue weighted by Gasteiger charge is -2.41. The first kappa shape index (κ1) is 20.8. The van der Waals surface area contributed by atoms with Gasteiger partial charge in [0.1, 0.15) is 11.5 Å². The number of benzene rings is 2. The van der Waals surface area contributed by atoms with Gasteiger partial charge in [-0.1, -0.05) is 12.1 Å². The molecule has 2 aliphatic heterocycles. The Morgan fingerprint density at radius 3 is 2.57 bits per heavy atom. The van der Waals surface area contributed by atoms with Crippen LogP contribution in [0.3, 0.4) is 0 Å². The van der Waals surface area contributed by atoms with Gasteiger partial charge in [-0.25, -0.2) is 0 Å². The number of aliphatic hydroxyl groups is 1. The van der Waals surface area contributed by atoms with Gasteiger partial charge in [-0.05, 0) is 30.2 Å². The fraction of sp³-hybridized carbons (Fsp3) is 0.478. The molecule has 0 spiro atoms. The van der Waals surface area contributed by atoms with Crippen LogP contribution >= 0.6 is 0 Å². The van der Waals surface area contributed by atoms with Gasteiger partial charge in [-0.15, -0.1) is 0 Å². The molecule has 0 radical (unpaired) electrons. The molecule has 2 aliphatic rings. The number of rotatable bonds is 8. The molecule has 1 atom stereocenters. The van der Waals surface area contributed by atoms with Gasteiger partial charge < -0.3 is 24.1 Å². The predicted molar refractivity (Wildman–Crippen MR) is 113 cm³/mol. The molecule has 162 valence electrons. The summed E-state index contributed by atoms with van der Waals surface area (Å²) in [5.41, 5.74) is 2.30. The SMILES string of the molecule is COc1cc(CN2CCN(Cc3cccc4c3OCO4)CC2CCO)cc(OC)c1. The van der Waals surface area contributed by atoms with Crippen molar-refractivity contribution < 1.29 is 24.1 Å². The second-order valence-electron chi connectivity index (χ2n) is 7.74. The first-order valence-corrected chi connectivity index (χ1v) is 10.4. The first-order valence-electron chi connectivity index (χ1n) is 10.4. The van der Waals surface area contributed by atoms with Gasteiger partial charge in [-0.2, -0.15) is 0 Å². The highest BCUT2D eigenvalue weighted by atomic mass is 16.7. The van der Waals surface area contributed by atoms with Gasteiger partial charge >= 0.3 is 0 Å². The summed E-state index contributed by atoms with van der Waals surface area (Å²) in [5.74, 6) is 3.27. The molecule has 0 saturated carbocycles. The van der Waals surface area contributed by atoms with Crippen LogP contribution in [-0.4, -0.2) is 68.2 Å². The molecule has 30 heavy (non-hydrogen) atoms. The Balaban J connectivity index is 1.44. The maximum Gasteiger partial charge on any atom is 0.231 e. The van der Waals surface area contributed by atoms with E-state index in [4.69, 9.17) is 18.9 Å². The number of nitrogens with zero attached hydrogens (tertiary/aromatic N) is 2. The zero-order valence-electron chi connectivity index (χ0n) is 17.7. The second kappa shape index (κ2) is 9.55. The first-order chi connectivity index (χ1) is 14.7. The van der Waals surface area contributed by atoms with Crippen molar-refractivity contribution in [2.75, 3.05) is 47.3 Å². The van der Waals surface area contributed by atoms with Gasteiger partial charge in [0, 0.05) is 57.0 Å². The highest BCUT2D eigenvalue weighted by Gasteiger charge is 2.28. The molecule has 0 bridgehead atoms. The summed E-state index contributed by atoms with van der Waals surface area (Å²) in [4.78, 5) is 4.87. The van der Waals surface area contributed by atoms with E-state index in [-0.39, 0.29) is 19.4 Å². The van der Waals surface area contributed by atoms with Crippen LogP contribution in [0.4, 0.5) is 0 Å². The molecule has 0 aliphatic carbocycles. The van der Waals surface area contributed by atoms with Gasteiger partial charge in [0.15, 0.2) is 11.5 Å². The van der Waals surface area contributed by atoms with E-state index in [2.05, 4.69) is 28.0 Å². The van der Waals surface area contributed by atoms with Crippen molar-refractivity contribution in [3.05, 3.63) is 47.5 Å². The third kappa shape index (κ3) is 4.64. The Kier molecular flexibility index (Phi) is 6.62. The largest absolute Gasteiger partial charge is 0.497 e. The van der Waals surface area contributed by atoms with Crippen LogP contribution in [0, 0.1) is 0 Å². The van der Waals surface area contributed by atoms with Crippen molar-refractivity contribution in [3.63, 3.8) is 0 Å². The van der Waals surface area contributed by atoms with Crippen LogP contribution in [0.15, 0.2) is 36.4 Å². The topological polar surface area (TPSA) is 63.6 Å². The minimum absolute atomic E-state index is 0.175. The number of fused-ring (bicyclic) bond motifs is 1. The Morgan fingerprint density at radius 2 is 1.83 bits per heavy atom. The molecule has 7 heteroatoms. The van der Waals surface area contributed by atoms with Crippen molar-refractivity contribution in [3.8, 4) is 23.0 Å². The fourth-order valence-electron chi connectivity index (χ4n) is 4.28. The number of hydrogen-bond acceptors (Lipinski definition) is 7. The lowest BCUT2D eigenvalue weighted by atomic mass is 10.1.